The molecule has 0 unspecified atom stereocenters. The van der Waals surface area contributed by atoms with Gasteiger partial charge in [-0.25, -0.2) is 0 Å². The van der Waals surface area contributed by atoms with Crippen LogP contribution in [0, 0.1) is 6.92 Å². The third kappa shape index (κ3) is 3.66. The van der Waals surface area contributed by atoms with Crippen LogP contribution < -0.4 is 0 Å². The van der Waals surface area contributed by atoms with Crippen molar-refractivity contribution in [1.29, 1.82) is 0 Å². The maximum absolute atomic E-state index is 12.7. The van der Waals surface area contributed by atoms with Crippen LogP contribution in [0.5, 0.6) is 0 Å². The first-order valence-corrected chi connectivity index (χ1v) is 8.73. The van der Waals surface area contributed by atoms with Crippen LogP contribution in [0.15, 0.2) is 23.1 Å². The average Bonchev–Trinajstić information content (AvgIpc) is 2.47. The standard InChI is InChI=1S/C15H21NO5S/c1-3-12(15(17)16-6-8-21-9-7-16)13-10-11(2)4-5-14(13)22(18,19)20/h4-5,10,12H,3,6-9H2,1-2H3,(H,18,19,20)/t12-/m1/s1. The lowest BCUT2D eigenvalue weighted by atomic mass is 9.93. The first-order valence-electron chi connectivity index (χ1n) is 7.29. The first kappa shape index (κ1) is 16.9. The van der Waals surface area contributed by atoms with Gasteiger partial charge in [-0.05, 0) is 25.0 Å². The summed E-state index contributed by atoms with van der Waals surface area (Å²) in [6.07, 6.45) is 0.460. The maximum Gasteiger partial charge on any atom is 0.294 e. The molecule has 0 aliphatic carbocycles. The van der Waals surface area contributed by atoms with Gasteiger partial charge in [0.15, 0.2) is 0 Å². The molecular weight excluding hydrogens is 306 g/mol. The number of amides is 1. The summed E-state index contributed by atoms with van der Waals surface area (Å²) >= 11 is 0. The van der Waals surface area contributed by atoms with Crippen LogP contribution in [0.3, 0.4) is 0 Å². The van der Waals surface area contributed by atoms with E-state index in [0.717, 1.165) is 5.56 Å². The van der Waals surface area contributed by atoms with E-state index in [1.807, 2.05) is 13.8 Å². The molecule has 7 heteroatoms. The molecule has 1 heterocycles. The fourth-order valence-corrected chi connectivity index (χ4v) is 3.45. The average molecular weight is 327 g/mol. The molecule has 122 valence electrons. The minimum Gasteiger partial charge on any atom is -0.378 e. The third-order valence-corrected chi connectivity index (χ3v) is 4.78. The number of nitrogens with zero attached hydrogens (tertiary/aromatic N) is 1. The van der Waals surface area contributed by atoms with Gasteiger partial charge in [0.05, 0.1) is 24.0 Å². The Kier molecular flexibility index (Phi) is 5.20. The SMILES string of the molecule is CC[C@@H](C(=O)N1CCOCC1)c1cc(C)ccc1S(=O)(=O)O. The monoisotopic (exact) mass is 327 g/mol. The van der Waals surface area contributed by atoms with E-state index >= 15 is 0 Å². The Balaban J connectivity index is 2.42. The van der Waals surface area contributed by atoms with Gasteiger partial charge < -0.3 is 9.64 Å². The Morgan fingerprint density at radius 1 is 1.36 bits per heavy atom. The number of rotatable bonds is 4. The van der Waals surface area contributed by atoms with Crippen molar-refractivity contribution in [2.75, 3.05) is 26.3 Å². The van der Waals surface area contributed by atoms with Crippen molar-refractivity contribution in [3.8, 4) is 0 Å². The Morgan fingerprint density at radius 2 is 2.00 bits per heavy atom. The third-order valence-electron chi connectivity index (χ3n) is 3.85. The predicted octanol–water partition coefficient (Wildman–Crippen LogP) is 1.59. The van der Waals surface area contributed by atoms with Gasteiger partial charge in [0.25, 0.3) is 10.1 Å². The highest BCUT2D eigenvalue weighted by Crippen LogP contribution is 2.29. The lowest BCUT2D eigenvalue weighted by Crippen LogP contribution is -2.43. The summed E-state index contributed by atoms with van der Waals surface area (Å²) in [5, 5.41) is 0. The van der Waals surface area contributed by atoms with Crippen LogP contribution >= 0.6 is 0 Å². The highest BCUT2D eigenvalue weighted by atomic mass is 32.2. The number of ether oxygens (including phenoxy) is 1. The summed E-state index contributed by atoms with van der Waals surface area (Å²) in [4.78, 5) is 14.2. The Labute approximate surface area is 130 Å². The minimum absolute atomic E-state index is 0.124. The highest BCUT2D eigenvalue weighted by Gasteiger charge is 2.30. The molecule has 1 aromatic rings. The fourth-order valence-electron chi connectivity index (χ4n) is 2.71. The molecule has 1 saturated heterocycles. The number of carbonyl (C=O) groups is 1. The zero-order valence-electron chi connectivity index (χ0n) is 12.8. The van der Waals surface area contributed by atoms with Gasteiger partial charge >= 0.3 is 0 Å². The normalized spacial score (nSPS) is 17.3. The van der Waals surface area contributed by atoms with Gasteiger partial charge in [0.2, 0.25) is 5.91 Å². The summed E-state index contributed by atoms with van der Waals surface area (Å²) < 4.78 is 37.9. The number of benzene rings is 1. The molecule has 6 nitrogen and oxygen atoms in total. The van der Waals surface area contributed by atoms with E-state index in [0.29, 0.717) is 38.3 Å². The molecule has 1 atom stereocenters. The molecule has 0 saturated carbocycles. The van der Waals surface area contributed by atoms with Gasteiger partial charge in [0.1, 0.15) is 0 Å². The smallest absolute Gasteiger partial charge is 0.294 e. The van der Waals surface area contributed by atoms with E-state index in [9.17, 15) is 17.8 Å². The van der Waals surface area contributed by atoms with Crippen LogP contribution in [-0.2, 0) is 19.6 Å². The van der Waals surface area contributed by atoms with Crippen LogP contribution in [0.1, 0.15) is 30.4 Å². The van der Waals surface area contributed by atoms with Gasteiger partial charge in [-0.15, -0.1) is 0 Å². The Bertz CT molecular complexity index is 650. The van der Waals surface area contributed by atoms with Crippen LogP contribution in [0.2, 0.25) is 0 Å². The van der Waals surface area contributed by atoms with Gasteiger partial charge in [-0.3, -0.25) is 9.35 Å². The molecule has 1 aliphatic heterocycles. The van der Waals surface area contributed by atoms with Crippen LogP contribution in [-0.4, -0.2) is 50.1 Å². The van der Waals surface area contributed by atoms with E-state index < -0.39 is 16.0 Å². The largest absolute Gasteiger partial charge is 0.378 e. The molecular formula is C15H21NO5S. The molecule has 22 heavy (non-hydrogen) atoms. The molecule has 1 aliphatic rings. The van der Waals surface area contributed by atoms with E-state index in [1.54, 1.807) is 17.0 Å². The van der Waals surface area contributed by atoms with Crippen molar-refractivity contribution in [3.63, 3.8) is 0 Å². The number of hydrogen-bond donors (Lipinski definition) is 1. The molecule has 1 N–H and O–H groups in total. The van der Waals surface area contributed by atoms with E-state index in [-0.39, 0.29) is 10.8 Å². The van der Waals surface area contributed by atoms with Crippen molar-refractivity contribution < 1.29 is 22.5 Å². The first-order chi connectivity index (χ1) is 10.3. The second kappa shape index (κ2) is 6.76. The Morgan fingerprint density at radius 3 is 2.55 bits per heavy atom. The second-order valence-corrected chi connectivity index (χ2v) is 6.80. The summed E-state index contributed by atoms with van der Waals surface area (Å²) in [6.45, 7) is 5.63. The van der Waals surface area contributed by atoms with Crippen molar-refractivity contribution in [3.05, 3.63) is 29.3 Å². The van der Waals surface area contributed by atoms with Crippen molar-refractivity contribution >= 4 is 16.0 Å². The zero-order valence-corrected chi connectivity index (χ0v) is 13.6. The Hall–Kier alpha value is -1.44. The van der Waals surface area contributed by atoms with Crippen LogP contribution in [0.25, 0.3) is 0 Å². The molecule has 0 aromatic heterocycles. The minimum atomic E-state index is -4.37. The maximum atomic E-state index is 12.7. The van der Waals surface area contributed by atoms with E-state index in [2.05, 4.69) is 0 Å². The molecule has 0 spiro atoms. The molecule has 1 fully saturated rings. The topological polar surface area (TPSA) is 83.9 Å². The summed E-state index contributed by atoms with van der Waals surface area (Å²) in [5.74, 6) is -0.712. The number of hydrogen-bond acceptors (Lipinski definition) is 4. The lowest BCUT2D eigenvalue weighted by Gasteiger charge is -2.30. The number of aryl methyl sites for hydroxylation is 1. The molecule has 0 bridgehead atoms. The summed E-state index contributed by atoms with van der Waals surface area (Å²) in [7, 11) is -4.37. The molecule has 1 aromatic carbocycles. The van der Waals surface area contributed by atoms with Crippen molar-refractivity contribution in [1.82, 2.24) is 4.90 Å². The summed E-state index contributed by atoms with van der Waals surface area (Å²) in [6, 6.07) is 4.63. The fraction of sp³-hybridized carbons (Fsp3) is 0.533. The quantitative estimate of drug-likeness (QED) is 0.849. The molecule has 2 rings (SSSR count). The van der Waals surface area contributed by atoms with Crippen molar-refractivity contribution in [2.24, 2.45) is 0 Å². The van der Waals surface area contributed by atoms with Crippen LogP contribution in [0.4, 0.5) is 0 Å². The lowest BCUT2D eigenvalue weighted by molar-refractivity contribution is -0.137. The molecule has 0 radical (unpaired) electrons. The summed E-state index contributed by atoms with van der Waals surface area (Å²) in [5.41, 5.74) is 1.21. The predicted molar refractivity (Wildman–Crippen MR) is 81.4 cm³/mol. The van der Waals surface area contributed by atoms with Gasteiger partial charge in [-0.1, -0.05) is 24.6 Å². The van der Waals surface area contributed by atoms with Crippen molar-refractivity contribution in [2.45, 2.75) is 31.1 Å². The van der Waals surface area contributed by atoms with E-state index in [4.69, 9.17) is 4.74 Å². The van der Waals surface area contributed by atoms with E-state index in [1.165, 1.54) is 6.07 Å². The molecule has 1 amide bonds. The van der Waals surface area contributed by atoms with Gasteiger partial charge in [-0.2, -0.15) is 8.42 Å². The number of carbonyl (C=O) groups excluding carboxylic acids is 1. The number of morpholine rings is 1. The highest BCUT2D eigenvalue weighted by molar-refractivity contribution is 7.85. The second-order valence-electron chi connectivity index (χ2n) is 5.41. The zero-order chi connectivity index (χ0) is 16.3. The van der Waals surface area contributed by atoms with Gasteiger partial charge in [0, 0.05) is 13.1 Å².